The van der Waals surface area contributed by atoms with Crippen LogP contribution in [-0.2, 0) is 0 Å². The van der Waals surface area contributed by atoms with Crippen molar-refractivity contribution in [3.8, 4) is 0 Å². The van der Waals surface area contributed by atoms with Crippen LogP contribution in [0.4, 0.5) is 11.4 Å². The average Bonchev–Trinajstić information content (AvgIpc) is 2.86. The molecule has 2 amide bonds. The van der Waals surface area contributed by atoms with E-state index < -0.39 is 0 Å². The van der Waals surface area contributed by atoms with Gasteiger partial charge in [0.1, 0.15) is 0 Å². The van der Waals surface area contributed by atoms with Gasteiger partial charge in [-0.3, -0.25) is 0 Å². The minimum absolute atomic E-state index is 0.0256. The number of anilines is 2. The van der Waals surface area contributed by atoms with E-state index in [4.69, 9.17) is 23.2 Å². The SMILES string of the molecule is O=C(Nc1ccccc1Cl)c1ccccc1[Se][Se]c1ccccc1C(=O)Nc1ccccc1Cl. The molecule has 170 valence electrons. The molecule has 0 saturated heterocycles. The summed E-state index contributed by atoms with van der Waals surface area (Å²) in [6.07, 6.45) is 0. The van der Waals surface area contributed by atoms with Crippen LogP contribution >= 0.6 is 23.2 Å². The number of nitrogens with one attached hydrogen (secondary N) is 2. The number of rotatable bonds is 7. The third kappa shape index (κ3) is 6.11. The van der Waals surface area contributed by atoms with Gasteiger partial charge in [-0.05, 0) is 0 Å². The van der Waals surface area contributed by atoms with Crippen LogP contribution in [0, 0.1) is 0 Å². The molecule has 34 heavy (non-hydrogen) atoms. The van der Waals surface area contributed by atoms with Gasteiger partial charge in [0.05, 0.1) is 0 Å². The van der Waals surface area contributed by atoms with Crippen LogP contribution in [-0.4, -0.2) is 38.1 Å². The summed E-state index contributed by atoms with van der Waals surface area (Å²) in [5.41, 5.74) is 2.37. The molecule has 0 fully saturated rings. The zero-order valence-electron chi connectivity index (χ0n) is 17.6. The first kappa shape index (κ1) is 24.6. The van der Waals surface area contributed by atoms with E-state index in [1.807, 2.05) is 72.8 Å². The molecule has 0 spiro atoms. The van der Waals surface area contributed by atoms with E-state index in [1.54, 1.807) is 24.3 Å². The zero-order valence-corrected chi connectivity index (χ0v) is 22.6. The number of para-hydroxylation sites is 2. The third-order valence-electron chi connectivity index (χ3n) is 4.73. The van der Waals surface area contributed by atoms with Crippen molar-refractivity contribution >= 4 is 81.6 Å². The van der Waals surface area contributed by atoms with E-state index in [2.05, 4.69) is 10.6 Å². The molecule has 4 rings (SSSR count). The van der Waals surface area contributed by atoms with Gasteiger partial charge in [0, 0.05) is 0 Å². The molecule has 0 aromatic heterocycles. The van der Waals surface area contributed by atoms with Gasteiger partial charge in [-0.15, -0.1) is 0 Å². The molecule has 0 radical (unpaired) electrons. The van der Waals surface area contributed by atoms with Gasteiger partial charge < -0.3 is 0 Å². The predicted octanol–water partition coefficient (Wildman–Crippen LogP) is 4.77. The van der Waals surface area contributed by atoms with Gasteiger partial charge in [-0.2, -0.15) is 0 Å². The number of amides is 2. The Morgan fingerprint density at radius 2 is 0.882 bits per heavy atom. The van der Waals surface area contributed by atoms with Gasteiger partial charge in [0.2, 0.25) is 0 Å². The second kappa shape index (κ2) is 11.7. The van der Waals surface area contributed by atoms with Gasteiger partial charge in [-0.1, -0.05) is 0 Å². The Morgan fingerprint density at radius 3 is 1.29 bits per heavy atom. The normalized spacial score (nSPS) is 10.5. The molecule has 0 saturated carbocycles. The van der Waals surface area contributed by atoms with Crippen molar-refractivity contribution in [1.29, 1.82) is 0 Å². The van der Waals surface area contributed by atoms with Gasteiger partial charge in [0.25, 0.3) is 0 Å². The molecular formula is C26H18Cl2N2O2Se2. The number of carbonyl (C=O) groups excluding carboxylic acids is 2. The molecule has 4 aromatic carbocycles. The van der Waals surface area contributed by atoms with Gasteiger partial charge in [0.15, 0.2) is 0 Å². The Bertz CT molecular complexity index is 1240. The summed E-state index contributed by atoms with van der Waals surface area (Å²) in [7, 11) is 0. The topological polar surface area (TPSA) is 58.2 Å². The molecule has 2 N–H and O–H groups in total. The molecule has 8 heteroatoms. The monoisotopic (exact) mass is 620 g/mol. The fraction of sp³-hybridized carbons (Fsp3) is 0. The van der Waals surface area contributed by atoms with Crippen LogP contribution in [0.15, 0.2) is 97.1 Å². The third-order valence-corrected chi connectivity index (χ3v) is 12.6. The van der Waals surface area contributed by atoms with Crippen molar-refractivity contribution in [2.45, 2.75) is 0 Å². The first-order chi connectivity index (χ1) is 16.5. The van der Waals surface area contributed by atoms with Crippen molar-refractivity contribution in [3.05, 3.63) is 118 Å². The van der Waals surface area contributed by atoms with Crippen LogP contribution in [0.1, 0.15) is 20.7 Å². The fourth-order valence-corrected chi connectivity index (χ4v) is 10.5. The van der Waals surface area contributed by atoms with Gasteiger partial charge >= 0.3 is 220 Å². The van der Waals surface area contributed by atoms with Crippen molar-refractivity contribution in [1.82, 2.24) is 0 Å². The Kier molecular flexibility index (Phi) is 8.47. The summed E-state index contributed by atoms with van der Waals surface area (Å²) < 4.78 is 1.95. The van der Waals surface area contributed by atoms with E-state index in [-0.39, 0.29) is 38.1 Å². The second-order valence-electron chi connectivity index (χ2n) is 7.03. The average molecular weight is 619 g/mol. The van der Waals surface area contributed by atoms with E-state index in [0.717, 1.165) is 8.92 Å². The van der Waals surface area contributed by atoms with Crippen LogP contribution < -0.4 is 19.6 Å². The first-order valence-electron chi connectivity index (χ1n) is 10.2. The Morgan fingerprint density at radius 1 is 0.529 bits per heavy atom. The molecule has 4 aromatic rings. The maximum absolute atomic E-state index is 13.0. The zero-order chi connectivity index (χ0) is 23.9. The molecule has 4 nitrogen and oxygen atoms in total. The van der Waals surface area contributed by atoms with Crippen molar-refractivity contribution in [3.63, 3.8) is 0 Å². The van der Waals surface area contributed by atoms with E-state index >= 15 is 0 Å². The second-order valence-corrected chi connectivity index (χ2v) is 14.0. The van der Waals surface area contributed by atoms with Crippen molar-refractivity contribution < 1.29 is 9.59 Å². The molecule has 0 heterocycles. The van der Waals surface area contributed by atoms with E-state index in [9.17, 15) is 9.59 Å². The minimum atomic E-state index is -0.203. The summed E-state index contributed by atoms with van der Waals surface area (Å²) in [5, 5.41) is 6.77. The fourth-order valence-electron chi connectivity index (χ4n) is 3.05. The molecule has 0 aliphatic carbocycles. The number of halogens is 2. The Hall–Kier alpha value is -2.56. The summed E-state index contributed by atoms with van der Waals surface area (Å²) in [5.74, 6) is -0.405. The summed E-state index contributed by atoms with van der Waals surface area (Å²) in [4.78, 5) is 26.0. The number of carbonyl (C=O) groups is 2. The Balaban J connectivity index is 1.51. The van der Waals surface area contributed by atoms with E-state index in [1.165, 1.54) is 0 Å². The standard InChI is InChI=1S/C26H18Cl2N2O2Se2/c27-19-11-3-5-13-21(19)29-25(31)17-9-1-7-15-23(17)33-34-24-16-8-2-10-18(24)26(32)30-22-14-6-4-12-20(22)28/h1-16H,(H,29,31)(H,30,32). The Labute approximate surface area is 218 Å². The predicted molar refractivity (Wildman–Crippen MR) is 142 cm³/mol. The van der Waals surface area contributed by atoms with Crippen LogP contribution in [0.25, 0.3) is 0 Å². The summed E-state index contributed by atoms with van der Waals surface area (Å²) >= 11 is 12.3. The molecular weight excluding hydrogens is 601 g/mol. The summed E-state index contributed by atoms with van der Waals surface area (Å²) in [6, 6.07) is 29.4. The maximum atomic E-state index is 13.0. The molecule has 0 bridgehead atoms. The molecule has 0 aliphatic rings. The van der Waals surface area contributed by atoms with Crippen molar-refractivity contribution in [2.75, 3.05) is 10.6 Å². The number of hydrogen-bond acceptors (Lipinski definition) is 2. The molecule has 0 aliphatic heterocycles. The van der Waals surface area contributed by atoms with E-state index in [0.29, 0.717) is 32.5 Å². The van der Waals surface area contributed by atoms with Crippen LogP contribution in [0.5, 0.6) is 0 Å². The number of benzene rings is 4. The molecule has 0 unspecified atom stereocenters. The molecule has 0 atom stereocenters. The quantitative estimate of drug-likeness (QED) is 0.293. The van der Waals surface area contributed by atoms with Gasteiger partial charge in [-0.25, -0.2) is 0 Å². The first-order valence-corrected chi connectivity index (χ1v) is 17.0. The summed E-state index contributed by atoms with van der Waals surface area (Å²) in [6.45, 7) is 0. The van der Waals surface area contributed by atoms with Crippen LogP contribution in [0.2, 0.25) is 10.0 Å². The van der Waals surface area contributed by atoms with Crippen LogP contribution in [0.3, 0.4) is 0 Å². The van der Waals surface area contributed by atoms with Crippen molar-refractivity contribution in [2.24, 2.45) is 0 Å². The number of hydrogen-bond donors (Lipinski definition) is 2.